The highest BCUT2D eigenvalue weighted by atomic mass is 35.5. The van der Waals surface area contributed by atoms with Gasteiger partial charge in [0.25, 0.3) is 5.91 Å². The number of hydrogen-bond donors (Lipinski definition) is 2. The quantitative estimate of drug-likeness (QED) is 0.220. The fourth-order valence-electron chi connectivity index (χ4n) is 3.23. The van der Waals surface area contributed by atoms with Crippen LogP contribution in [0.5, 0.6) is 11.5 Å². The Balaban J connectivity index is 2.41. The highest BCUT2D eigenvalue weighted by molar-refractivity contribution is 6.39. The van der Waals surface area contributed by atoms with Crippen molar-refractivity contribution in [2.24, 2.45) is 5.41 Å². The van der Waals surface area contributed by atoms with Gasteiger partial charge in [-0.25, -0.2) is 4.79 Å². The Morgan fingerprint density at radius 2 is 1.70 bits per heavy atom. The third kappa shape index (κ3) is 8.91. The van der Waals surface area contributed by atoms with Crippen LogP contribution in [0.15, 0.2) is 36.4 Å². The maximum absolute atomic E-state index is 13.4. The summed E-state index contributed by atoms with van der Waals surface area (Å²) in [5, 5.41) is 5.67. The van der Waals surface area contributed by atoms with Crippen LogP contribution >= 0.6 is 23.2 Å². The third-order valence-corrected chi connectivity index (χ3v) is 5.95. The highest BCUT2D eigenvalue weighted by Gasteiger charge is 2.31. The van der Waals surface area contributed by atoms with Crippen LogP contribution in [0.2, 0.25) is 10.0 Å². The van der Waals surface area contributed by atoms with Gasteiger partial charge in [0, 0.05) is 6.42 Å². The van der Waals surface area contributed by atoms with Crippen LogP contribution in [0.3, 0.4) is 0 Å². The summed E-state index contributed by atoms with van der Waals surface area (Å²) in [5.41, 5.74) is -0.181. The number of ether oxygens (including phenoxy) is 3. The average Bonchev–Trinajstić information content (AvgIpc) is 2.86. The molecule has 10 heteroatoms. The molecule has 1 unspecified atom stereocenters. The first-order valence-corrected chi connectivity index (χ1v) is 12.7. The molecule has 8 nitrogen and oxygen atoms in total. The monoisotopic (exact) mass is 552 g/mol. The number of hydrogen-bond acceptors (Lipinski definition) is 7. The molecule has 0 heterocycles. The Morgan fingerprint density at radius 1 is 1.03 bits per heavy atom. The van der Waals surface area contributed by atoms with E-state index < -0.39 is 29.3 Å². The molecule has 0 aliphatic carbocycles. The lowest BCUT2D eigenvalue weighted by molar-refractivity contribution is -0.143. The molecule has 0 saturated heterocycles. The van der Waals surface area contributed by atoms with Gasteiger partial charge >= 0.3 is 11.9 Å². The van der Waals surface area contributed by atoms with Gasteiger partial charge in [0.05, 0.1) is 29.7 Å². The van der Waals surface area contributed by atoms with Gasteiger partial charge in [0.2, 0.25) is 0 Å². The second-order valence-corrected chi connectivity index (χ2v) is 10.2. The molecule has 202 valence electrons. The van der Waals surface area contributed by atoms with E-state index in [1.165, 1.54) is 13.2 Å². The Morgan fingerprint density at radius 3 is 2.30 bits per heavy atom. The van der Waals surface area contributed by atoms with Crippen molar-refractivity contribution in [2.75, 3.05) is 27.3 Å². The molecule has 2 N–H and O–H groups in total. The fraction of sp³-hybridized carbons (Fsp3) is 0.444. The van der Waals surface area contributed by atoms with Crippen LogP contribution in [0.4, 0.5) is 0 Å². The number of nitrogens with one attached hydrogen (secondary N) is 2. The summed E-state index contributed by atoms with van der Waals surface area (Å²) in [6.07, 6.45) is 1.78. The van der Waals surface area contributed by atoms with Crippen molar-refractivity contribution in [3.8, 4) is 11.5 Å². The van der Waals surface area contributed by atoms with Crippen molar-refractivity contribution in [1.29, 1.82) is 0 Å². The van der Waals surface area contributed by atoms with Gasteiger partial charge < -0.3 is 24.8 Å². The molecule has 0 spiro atoms. The molecule has 2 rings (SSSR count). The number of unbranched alkanes of at least 4 members (excludes halogenated alkanes) is 1. The van der Waals surface area contributed by atoms with Crippen molar-refractivity contribution >= 4 is 41.0 Å². The lowest BCUT2D eigenvalue weighted by atomic mass is 9.97. The lowest BCUT2D eigenvalue weighted by Crippen LogP contribution is -2.43. The molecule has 37 heavy (non-hydrogen) atoms. The average molecular weight is 553 g/mol. The molecule has 0 radical (unpaired) electrons. The van der Waals surface area contributed by atoms with Crippen LogP contribution in [-0.4, -0.2) is 51.2 Å². The number of methoxy groups -OCH3 is 1. The Kier molecular flexibility index (Phi) is 11.7. The Hall–Kier alpha value is -2.81. The third-order valence-electron chi connectivity index (χ3n) is 5.32. The van der Waals surface area contributed by atoms with Crippen LogP contribution in [0, 0.1) is 5.41 Å². The lowest BCUT2D eigenvalue weighted by Gasteiger charge is -2.22. The molecule has 0 aliphatic heterocycles. The molecule has 0 aromatic heterocycles. The van der Waals surface area contributed by atoms with E-state index in [0.29, 0.717) is 6.61 Å². The molecular formula is C27H34Cl2N2O6. The first kappa shape index (κ1) is 30.4. The second kappa shape index (κ2) is 14.2. The Bertz CT molecular complexity index is 1090. The summed E-state index contributed by atoms with van der Waals surface area (Å²) in [6, 6.07) is 9.46. The molecule has 0 saturated carbocycles. The van der Waals surface area contributed by atoms with Gasteiger partial charge in [0.15, 0.2) is 11.5 Å². The molecule has 0 aliphatic rings. The van der Waals surface area contributed by atoms with E-state index >= 15 is 0 Å². The molecule has 0 fully saturated rings. The molecule has 1 atom stereocenters. The Labute approximate surface area is 227 Å². The van der Waals surface area contributed by atoms with E-state index in [9.17, 15) is 14.4 Å². The first-order valence-electron chi connectivity index (χ1n) is 11.9. The minimum Gasteiger partial charge on any atom is -0.490 e. The molecule has 2 aromatic rings. The van der Waals surface area contributed by atoms with E-state index in [4.69, 9.17) is 37.4 Å². The SMILES string of the molecule is CNCCCCOc1c(Cl)cc(C(=O)NC(Cc2ccccc2)C(=O)OC)c(OC(=O)C(C)(C)C)c1Cl. The molecule has 0 bridgehead atoms. The van der Waals surface area contributed by atoms with E-state index in [1.807, 2.05) is 37.4 Å². The van der Waals surface area contributed by atoms with Crippen molar-refractivity contribution in [2.45, 2.75) is 46.1 Å². The van der Waals surface area contributed by atoms with Gasteiger partial charge in [-0.15, -0.1) is 0 Å². The number of benzene rings is 2. The number of halogens is 2. The molecule has 1 amide bonds. The van der Waals surface area contributed by atoms with Crippen molar-refractivity contribution in [1.82, 2.24) is 10.6 Å². The summed E-state index contributed by atoms with van der Waals surface area (Å²) >= 11 is 13.0. The number of rotatable bonds is 12. The van der Waals surface area contributed by atoms with Gasteiger partial charge in [-0.3, -0.25) is 9.59 Å². The van der Waals surface area contributed by atoms with Crippen LogP contribution in [0.25, 0.3) is 0 Å². The van der Waals surface area contributed by atoms with Gasteiger partial charge in [-0.05, 0) is 58.8 Å². The topological polar surface area (TPSA) is 103 Å². The summed E-state index contributed by atoms with van der Waals surface area (Å²) in [7, 11) is 3.10. The molecular weight excluding hydrogens is 519 g/mol. The van der Waals surface area contributed by atoms with Gasteiger partial charge in [-0.1, -0.05) is 53.5 Å². The zero-order valence-electron chi connectivity index (χ0n) is 21.8. The van der Waals surface area contributed by atoms with E-state index in [0.717, 1.165) is 24.9 Å². The first-order chi connectivity index (χ1) is 17.5. The van der Waals surface area contributed by atoms with Crippen LogP contribution < -0.4 is 20.1 Å². The molecule has 2 aromatic carbocycles. The van der Waals surface area contributed by atoms with Crippen LogP contribution in [0.1, 0.15) is 49.5 Å². The van der Waals surface area contributed by atoms with Crippen molar-refractivity contribution in [3.05, 3.63) is 57.6 Å². The smallest absolute Gasteiger partial charge is 0.328 e. The van der Waals surface area contributed by atoms with E-state index in [2.05, 4.69) is 10.6 Å². The highest BCUT2D eigenvalue weighted by Crippen LogP contribution is 2.43. The van der Waals surface area contributed by atoms with Crippen LogP contribution in [-0.2, 0) is 20.7 Å². The summed E-state index contributed by atoms with van der Waals surface area (Å²) < 4.78 is 16.3. The largest absolute Gasteiger partial charge is 0.490 e. The van der Waals surface area contributed by atoms with Crippen molar-refractivity contribution in [3.63, 3.8) is 0 Å². The normalized spacial score (nSPS) is 12.0. The standard InChI is InChI=1S/C27H34Cl2N2O6/c1-27(2,3)26(34)37-22-18(16-19(28)23(21(22)29)36-14-10-9-13-30-4)24(32)31-20(25(33)35-5)15-17-11-7-6-8-12-17/h6-8,11-12,16,20,30H,9-10,13-15H2,1-5H3,(H,31,32). The van der Waals surface area contributed by atoms with Gasteiger partial charge in [-0.2, -0.15) is 0 Å². The van der Waals surface area contributed by atoms with Crippen molar-refractivity contribution < 1.29 is 28.6 Å². The predicted octanol–water partition coefficient (Wildman–Crippen LogP) is 4.84. The predicted molar refractivity (Wildman–Crippen MR) is 144 cm³/mol. The van der Waals surface area contributed by atoms with Gasteiger partial charge in [0.1, 0.15) is 11.1 Å². The minimum absolute atomic E-state index is 0.0667. The van der Waals surface area contributed by atoms with E-state index in [-0.39, 0.29) is 33.5 Å². The fourth-order valence-corrected chi connectivity index (χ4v) is 3.83. The maximum atomic E-state index is 13.4. The number of amides is 1. The number of esters is 2. The maximum Gasteiger partial charge on any atom is 0.328 e. The summed E-state index contributed by atoms with van der Waals surface area (Å²) in [5.74, 6) is -2.05. The van der Waals surface area contributed by atoms with E-state index in [1.54, 1.807) is 20.8 Å². The summed E-state index contributed by atoms with van der Waals surface area (Å²) in [6.45, 7) is 6.16. The zero-order chi connectivity index (χ0) is 27.6. The minimum atomic E-state index is -1.01. The summed E-state index contributed by atoms with van der Waals surface area (Å²) in [4.78, 5) is 38.6. The number of carbonyl (C=O) groups excluding carboxylic acids is 3. The number of carbonyl (C=O) groups is 3. The zero-order valence-corrected chi connectivity index (χ0v) is 23.3. The second-order valence-electron chi connectivity index (χ2n) is 9.42.